The third-order valence-corrected chi connectivity index (χ3v) is 3.52. The molecule has 0 saturated carbocycles. The fraction of sp³-hybridized carbons (Fsp3) is 0.200. The molecule has 0 aromatic heterocycles. The lowest BCUT2D eigenvalue weighted by Gasteiger charge is -2.03. The first kappa shape index (κ1) is 11.7. The first-order chi connectivity index (χ1) is 6.68. The van der Waals surface area contributed by atoms with E-state index in [1.807, 2.05) is 30.3 Å². The van der Waals surface area contributed by atoms with Crippen molar-refractivity contribution >= 4 is 27.7 Å². The van der Waals surface area contributed by atoms with E-state index in [1.54, 1.807) is 0 Å². The van der Waals surface area contributed by atoms with Crippen LogP contribution in [0.4, 0.5) is 8.78 Å². The number of alkyl halides is 1. The summed E-state index contributed by atoms with van der Waals surface area (Å²) in [5, 5.41) is 0. The van der Waals surface area contributed by atoms with Gasteiger partial charge in [-0.1, -0.05) is 46.3 Å². The maximum Gasteiger partial charge on any atom is 0.268 e. The predicted octanol–water partition coefficient (Wildman–Crippen LogP) is 4.42. The van der Waals surface area contributed by atoms with E-state index in [2.05, 4.69) is 15.9 Å². The smallest absolute Gasteiger partial charge is 0.174 e. The summed E-state index contributed by atoms with van der Waals surface area (Å²) in [6.45, 7) is 0. The lowest BCUT2D eigenvalue weighted by Crippen LogP contribution is -1.87. The molecule has 1 aromatic carbocycles. The van der Waals surface area contributed by atoms with Crippen LogP contribution in [0, 0.1) is 0 Å². The normalized spacial score (nSPS) is 12.2. The molecule has 0 bridgehead atoms. The zero-order valence-corrected chi connectivity index (χ0v) is 9.69. The summed E-state index contributed by atoms with van der Waals surface area (Å²) in [5.74, 6) is 0.723. The molecule has 1 atom stereocenters. The number of rotatable bonds is 4. The molecule has 0 amide bonds. The van der Waals surface area contributed by atoms with Gasteiger partial charge in [-0.05, 0) is 5.56 Å². The molecule has 1 unspecified atom stereocenters. The van der Waals surface area contributed by atoms with Gasteiger partial charge in [-0.2, -0.15) is 8.78 Å². The fourth-order valence-corrected chi connectivity index (χ4v) is 2.24. The van der Waals surface area contributed by atoms with Crippen LogP contribution in [0.5, 0.6) is 0 Å². The van der Waals surface area contributed by atoms with Gasteiger partial charge in [-0.15, -0.1) is 11.8 Å². The van der Waals surface area contributed by atoms with Gasteiger partial charge in [-0.3, -0.25) is 0 Å². The van der Waals surface area contributed by atoms with E-state index in [-0.39, 0.29) is 4.16 Å². The highest BCUT2D eigenvalue weighted by Gasteiger charge is 2.03. The molecule has 0 fully saturated rings. The van der Waals surface area contributed by atoms with Gasteiger partial charge >= 0.3 is 0 Å². The monoisotopic (exact) mass is 278 g/mol. The van der Waals surface area contributed by atoms with E-state index < -0.39 is 6.08 Å². The Kier molecular flexibility index (Phi) is 5.19. The van der Waals surface area contributed by atoms with E-state index in [0.717, 1.165) is 17.4 Å². The molecule has 0 aliphatic heterocycles. The van der Waals surface area contributed by atoms with Crippen LogP contribution >= 0.6 is 27.7 Å². The molecule has 0 heterocycles. The highest BCUT2D eigenvalue weighted by Crippen LogP contribution is 2.24. The van der Waals surface area contributed by atoms with Gasteiger partial charge < -0.3 is 0 Å². The summed E-state index contributed by atoms with van der Waals surface area (Å²) in [7, 11) is 0. The third kappa shape index (κ3) is 4.77. The minimum atomic E-state index is -1.65. The summed E-state index contributed by atoms with van der Waals surface area (Å²) >= 11 is 4.56. The Morgan fingerprint density at radius 2 is 2.00 bits per heavy atom. The molecule has 0 aliphatic carbocycles. The van der Waals surface area contributed by atoms with E-state index in [1.165, 1.54) is 11.8 Å². The Hall–Kier alpha value is -0.350. The Morgan fingerprint density at radius 1 is 1.36 bits per heavy atom. The quantitative estimate of drug-likeness (QED) is 0.735. The minimum absolute atomic E-state index is 0.326. The Balaban J connectivity index is 2.38. The Bertz CT molecular complexity index is 296. The molecular formula is C10H9BrF2S. The van der Waals surface area contributed by atoms with Crippen LogP contribution in [0.2, 0.25) is 0 Å². The van der Waals surface area contributed by atoms with E-state index in [4.69, 9.17) is 0 Å². The summed E-state index contributed by atoms with van der Waals surface area (Å²) in [6.07, 6.45) is -0.749. The third-order valence-electron chi connectivity index (χ3n) is 1.51. The number of halogens is 3. The molecule has 0 spiro atoms. The highest BCUT2D eigenvalue weighted by atomic mass is 79.9. The molecule has 1 aromatic rings. The second-order valence-corrected chi connectivity index (χ2v) is 5.33. The van der Waals surface area contributed by atoms with Gasteiger partial charge in [-0.25, -0.2) is 0 Å². The molecule has 1 rings (SSSR count). The average molecular weight is 279 g/mol. The molecule has 0 saturated heterocycles. The summed E-state index contributed by atoms with van der Waals surface area (Å²) in [6, 6.07) is 9.75. The molecule has 0 nitrogen and oxygen atoms in total. The highest BCUT2D eigenvalue weighted by molar-refractivity contribution is 9.11. The van der Waals surface area contributed by atoms with Gasteiger partial charge in [0.25, 0.3) is 6.08 Å². The lowest BCUT2D eigenvalue weighted by molar-refractivity contribution is 0.420. The first-order valence-corrected chi connectivity index (χ1v) is 5.97. The second-order valence-electron chi connectivity index (χ2n) is 2.60. The van der Waals surface area contributed by atoms with Crippen molar-refractivity contribution in [1.29, 1.82) is 0 Å². The number of hydrogen-bond donors (Lipinski definition) is 0. The molecule has 0 radical (unpaired) electrons. The van der Waals surface area contributed by atoms with Crippen molar-refractivity contribution in [3.8, 4) is 0 Å². The van der Waals surface area contributed by atoms with Crippen molar-refractivity contribution in [1.82, 2.24) is 0 Å². The summed E-state index contributed by atoms with van der Waals surface area (Å²) in [5.41, 5.74) is 1.13. The fourth-order valence-electron chi connectivity index (χ4n) is 0.897. The Labute approximate surface area is 94.5 Å². The van der Waals surface area contributed by atoms with Gasteiger partial charge in [0.1, 0.15) is 0 Å². The van der Waals surface area contributed by atoms with Crippen LogP contribution in [-0.2, 0) is 5.75 Å². The van der Waals surface area contributed by atoms with Crippen LogP contribution < -0.4 is 0 Å². The van der Waals surface area contributed by atoms with Crippen molar-refractivity contribution in [2.75, 3.05) is 0 Å². The van der Waals surface area contributed by atoms with E-state index >= 15 is 0 Å². The number of thioether (sulfide) groups is 1. The standard InChI is InChI=1S/C10H9BrF2S/c11-9(6-10(12)13)14-7-8-4-2-1-3-5-8/h1-6,9H,7H2. The molecule has 0 N–H and O–H groups in total. The first-order valence-electron chi connectivity index (χ1n) is 4.01. The second kappa shape index (κ2) is 6.19. The van der Waals surface area contributed by atoms with Crippen molar-refractivity contribution < 1.29 is 8.78 Å². The Morgan fingerprint density at radius 3 is 2.57 bits per heavy atom. The average Bonchev–Trinajstić information content (AvgIpc) is 2.15. The van der Waals surface area contributed by atoms with Crippen LogP contribution in [0.15, 0.2) is 42.5 Å². The van der Waals surface area contributed by atoms with Crippen molar-refractivity contribution in [3.63, 3.8) is 0 Å². The topological polar surface area (TPSA) is 0 Å². The summed E-state index contributed by atoms with van der Waals surface area (Å²) in [4.78, 5) is 0. The molecule has 4 heteroatoms. The van der Waals surface area contributed by atoms with Crippen LogP contribution in [-0.4, -0.2) is 4.16 Å². The molecule has 14 heavy (non-hydrogen) atoms. The molecule has 0 aliphatic rings. The largest absolute Gasteiger partial charge is 0.268 e. The van der Waals surface area contributed by atoms with Crippen molar-refractivity contribution in [2.45, 2.75) is 9.91 Å². The van der Waals surface area contributed by atoms with E-state index in [0.29, 0.717) is 0 Å². The van der Waals surface area contributed by atoms with E-state index in [9.17, 15) is 8.78 Å². The predicted molar refractivity (Wildman–Crippen MR) is 60.8 cm³/mol. The molecular weight excluding hydrogens is 270 g/mol. The van der Waals surface area contributed by atoms with Gasteiger partial charge in [0.2, 0.25) is 0 Å². The van der Waals surface area contributed by atoms with Gasteiger partial charge in [0, 0.05) is 11.8 Å². The van der Waals surface area contributed by atoms with Gasteiger partial charge in [0.15, 0.2) is 0 Å². The zero-order chi connectivity index (χ0) is 10.4. The lowest BCUT2D eigenvalue weighted by atomic mass is 10.2. The van der Waals surface area contributed by atoms with Crippen LogP contribution in [0.25, 0.3) is 0 Å². The van der Waals surface area contributed by atoms with Gasteiger partial charge in [0.05, 0.1) is 4.16 Å². The van der Waals surface area contributed by atoms with Crippen LogP contribution in [0.3, 0.4) is 0 Å². The van der Waals surface area contributed by atoms with Crippen molar-refractivity contribution in [3.05, 3.63) is 48.1 Å². The maximum atomic E-state index is 11.8. The van der Waals surface area contributed by atoms with Crippen molar-refractivity contribution in [2.24, 2.45) is 0 Å². The molecule has 76 valence electrons. The number of hydrogen-bond acceptors (Lipinski definition) is 1. The minimum Gasteiger partial charge on any atom is -0.174 e. The maximum absolute atomic E-state index is 11.8. The van der Waals surface area contributed by atoms with Crippen LogP contribution in [0.1, 0.15) is 5.56 Å². The zero-order valence-electron chi connectivity index (χ0n) is 7.29. The number of benzene rings is 1. The summed E-state index contributed by atoms with van der Waals surface area (Å²) < 4.78 is 23.3. The SMILES string of the molecule is FC(F)=CC(Br)SCc1ccccc1.